The zero-order valence-corrected chi connectivity index (χ0v) is 20.8. The molecular formula is C26H34ClN5O2. The van der Waals surface area contributed by atoms with Gasteiger partial charge in [0, 0.05) is 32.2 Å². The number of nitrogens with zero attached hydrogens (tertiary/aromatic N) is 4. The summed E-state index contributed by atoms with van der Waals surface area (Å²) in [6.45, 7) is 7.65. The van der Waals surface area contributed by atoms with E-state index in [1.54, 1.807) is 0 Å². The van der Waals surface area contributed by atoms with Crippen molar-refractivity contribution in [2.45, 2.75) is 57.5 Å². The fourth-order valence-electron chi connectivity index (χ4n) is 7.44. The second kappa shape index (κ2) is 8.73. The van der Waals surface area contributed by atoms with Crippen LogP contribution in [0.3, 0.4) is 0 Å². The highest BCUT2D eigenvalue weighted by Crippen LogP contribution is 2.60. The summed E-state index contributed by atoms with van der Waals surface area (Å²) in [5.41, 5.74) is 0.0966. The van der Waals surface area contributed by atoms with Crippen molar-refractivity contribution in [3.8, 4) is 6.19 Å². The molecule has 1 aromatic carbocycles. The Morgan fingerprint density at radius 3 is 2.41 bits per heavy atom. The molecule has 5 aliphatic rings. The van der Waals surface area contributed by atoms with Gasteiger partial charge in [0.1, 0.15) is 5.84 Å². The average Bonchev–Trinajstić information content (AvgIpc) is 2.80. The largest absolute Gasteiger partial charge is 0.481 e. The molecule has 7 nitrogen and oxygen atoms in total. The molecule has 1 heterocycles. The van der Waals surface area contributed by atoms with Gasteiger partial charge >= 0.3 is 5.97 Å². The first kappa shape index (κ1) is 23.4. The maximum Gasteiger partial charge on any atom is 0.309 e. The molecule has 1 saturated heterocycles. The third-order valence-corrected chi connectivity index (χ3v) is 9.35. The van der Waals surface area contributed by atoms with Crippen molar-refractivity contribution in [1.29, 1.82) is 5.26 Å². The Balaban J connectivity index is 1.29. The lowest BCUT2D eigenvalue weighted by molar-refractivity contribution is -0.166. The Labute approximate surface area is 206 Å². The Morgan fingerprint density at radius 2 is 1.82 bits per heavy atom. The lowest BCUT2D eigenvalue weighted by Crippen LogP contribution is -2.66. The molecule has 4 bridgehead atoms. The number of nitrogens with one attached hydrogen (secondary N) is 1. The second-order valence-electron chi connectivity index (χ2n) is 11.3. The van der Waals surface area contributed by atoms with Crippen LogP contribution in [0.1, 0.15) is 46.0 Å². The molecule has 1 aliphatic heterocycles. The van der Waals surface area contributed by atoms with Crippen molar-refractivity contribution in [3.05, 3.63) is 29.3 Å². The number of hydrogen-bond donors (Lipinski definition) is 2. The minimum atomic E-state index is -0.618. The zero-order chi connectivity index (χ0) is 24.1. The van der Waals surface area contributed by atoms with Crippen LogP contribution in [0.25, 0.3) is 0 Å². The SMILES string of the molecule is CC(C)(/C(=N/C#N)NC1C2CC3CC1CC(C(=O)O)(C3)C2)N1CCN(c2ccccc2Cl)CC1. The van der Waals surface area contributed by atoms with Crippen LogP contribution >= 0.6 is 11.6 Å². The summed E-state index contributed by atoms with van der Waals surface area (Å²) >= 11 is 6.42. The number of carboxylic acids is 1. The van der Waals surface area contributed by atoms with E-state index in [1.165, 1.54) is 0 Å². The molecule has 4 saturated carbocycles. The Kier molecular flexibility index (Phi) is 6.02. The van der Waals surface area contributed by atoms with Crippen molar-refractivity contribution in [2.75, 3.05) is 31.1 Å². The smallest absolute Gasteiger partial charge is 0.309 e. The molecule has 34 heavy (non-hydrogen) atoms. The number of aliphatic imine (C=N–C) groups is 1. The summed E-state index contributed by atoms with van der Waals surface area (Å²) < 4.78 is 0. The average molecular weight is 484 g/mol. The first-order valence-corrected chi connectivity index (χ1v) is 12.8. The Hall–Kier alpha value is -2.30. The topological polar surface area (TPSA) is 92.0 Å². The number of aliphatic carboxylic acids is 1. The van der Waals surface area contributed by atoms with Crippen molar-refractivity contribution in [2.24, 2.45) is 28.2 Å². The van der Waals surface area contributed by atoms with E-state index in [4.69, 9.17) is 11.6 Å². The van der Waals surface area contributed by atoms with Gasteiger partial charge in [0.25, 0.3) is 0 Å². The van der Waals surface area contributed by atoms with Crippen molar-refractivity contribution in [1.82, 2.24) is 10.2 Å². The highest BCUT2D eigenvalue weighted by atomic mass is 35.5. The van der Waals surface area contributed by atoms with Gasteiger partial charge in [-0.05, 0) is 75.8 Å². The van der Waals surface area contributed by atoms with Gasteiger partial charge in [0.05, 0.1) is 21.7 Å². The molecule has 0 amide bonds. The van der Waals surface area contributed by atoms with E-state index in [9.17, 15) is 15.2 Å². The number of hydrogen-bond acceptors (Lipinski definition) is 5. The van der Waals surface area contributed by atoms with Crippen molar-refractivity contribution >= 4 is 29.1 Å². The number of para-hydroxylation sites is 1. The Bertz CT molecular complexity index is 1010. The highest BCUT2D eigenvalue weighted by molar-refractivity contribution is 6.33. The molecule has 5 fully saturated rings. The number of rotatable bonds is 5. The molecule has 2 unspecified atom stereocenters. The van der Waals surface area contributed by atoms with Gasteiger partial charge in [0.2, 0.25) is 6.19 Å². The van der Waals surface area contributed by atoms with E-state index in [0.717, 1.165) is 69.0 Å². The van der Waals surface area contributed by atoms with E-state index in [1.807, 2.05) is 24.4 Å². The minimum Gasteiger partial charge on any atom is -0.481 e. The molecule has 0 aromatic heterocycles. The van der Waals surface area contributed by atoms with Gasteiger partial charge in [-0.2, -0.15) is 10.3 Å². The molecule has 8 heteroatoms. The summed E-state index contributed by atoms with van der Waals surface area (Å²) in [4.78, 5) is 21.1. The zero-order valence-electron chi connectivity index (χ0n) is 20.0. The lowest BCUT2D eigenvalue weighted by atomic mass is 9.48. The third kappa shape index (κ3) is 3.95. The molecule has 1 aromatic rings. The molecule has 2 N–H and O–H groups in total. The maximum atomic E-state index is 12.1. The second-order valence-corrected chi connectivity index (χ2v) is 11.7. The van der Waals surface area contributed by atoms with Gasteiger partial charge < -0.3 is 15.3 Å². The van der Waals surface area contributed by atoms with Crippen LogP contribution in [0.2, 0.25) is 5.02 Å². The molecule has 2 atom stereocenters. The maximum absolute atomic E-state index is 12.1. The Morgan fingerprint density at radius 1 is 1.18 bits per heavy atom. The summed E-state index contributed by atoms with van der Waals surface area (Å²) in [6, 6.07) is 8.14. The number of halogens is 1. The molecule has 4 aliphatic carbocycles. The van der Waals surface area contributed by atoms with Gasteiger partial charge in [0.15, 0.2) is 0 Å². The quantitative estimate of drug-likeness (QED) is 0.374. The monoisotopic (exact) mass is 483 g/mol. The normalized spacial score (nSPS) is 33.6. The van der Waals surface area contributed by atoms with Crippen LogP contribution in [-0.4, -0.2) is 59.6 Å². The highest BCUT2D eigenvalue weighted by Gasteiger charge is 2.59. The van der Waals surface area contributed by atoms with Crippen molar-refractivity contribution in [3.63, 3.8) is 0 Å². The lowest BCUT2D eigenvalue weighted by Gasteiger charge is -2.59. The first-order valence-electron chi connectivity index (χ1n) is 12.5. The van der Waals surface area contributed by atoms with Crippen LogP contribution < -0.4 is 10.2 Å². The van der Waals surface area contributed by atoms with E-state index >= 15 is 0 Å². The molecule has 182 valence electrons. The molecular weight excluding hydrogens is 450 g/mol. The minimum absolute atomic E-state index is 0.194. The van der Waals surface area contributed by atoms with E-state index in [-0.39, 0.29) is 6.04 Å². The van der Waals surface area contributed by atoms with Crippen LogP contribution in [0.15, 0.2) is 29.3 Å². The fourth-order valence-corrected chi connectivity index (χ4v) is 7.70. The van der Waals surface area contributed by atoms with Gasteiger partial charge in [-0.3, -0.25) is 9.69 Å². The summed E-state index contributed by atoms with van der Waals surface area (Å²) in [5.74, 6) is 1.28. The number of anilines is 1. The van der Waals surface area contributed by atoms with Gasteiger partial charge in [-0.15, -0.1) is 0 Å². The van der Waals surface area contributed by atoms with E-state index in [2.05, 4.69) is 40.0 Å². The van der Waals surface area contributed by atoms with E-state index < -0.39 is 16.9 Å². The molecule has 0 spiro atoms. The van der Waals surface area contributed by atoms with Crippen LogP contribution in [0, 0.1) is 34.6 Å². The predicted molar refractivity (Wildman–Crippen MR) is 133 cm³/mol. The van der Waals surface area contributed by atoms with Crippen molar-refractivity contribution < 1.29 is 9.90 Å². The number of benzene rings is 1. The van der Waals surface area contributed by atoms with Crippen LogP contribution in [0.5, 0.6) is 0 Å². The predicted octanol–water partition coefficient (Wildman–Crippen LogP) is 3.99. The summed E-state index contributed by atoms with van der Waals surface area (Å²) in [5, 5.41) is 23.9. The van der Waals surface area contributed by atoms with Crippen LogP contribution in [0.4, 0.5) is 5.69 Å². The number of nitriles is 1. The number of piperazine rings is 1. The third-order valence-electron chi connectivity index (χ3n) is 9.03. The standard InChI is InChI=1S/C26H34ClN5O2/c1-25(2,32-9-7-31(8-10-32)21-6-4-3-5-20(21)27)23(29-16-28)30-22-18-11-17-12-19(22)15-26(13-17,14-18)24(33)34/h3-6,17-19,22H,7-15H2,1-2H3,(H,29,30)(H,33,34). The number of carboxylic acid groups (broad SMARTS) is 1. The summed E-state index contributed by atoms with van der Waals surface area (Å²) in [7, 11) is 0. The number of amidine groups is 1. The van der Waals surface area contributed by atoms with Gasteiger partial charge in [-0.1, -0.05) is 23.7 Å². The number of carbonyl (C=O) groups is 1. The molecule has 0 radical (unpaired) electrons. The fraction of sp³-hybridized carbons (Fsp3) is 0.654. The first-order chi connectivity index (χ1) is 16.2. The van der Waals surface area contributed by atoms with Gasteiger partial charge in [-0.25, -0.2) is 0 Å². The van der Waals surface area contributed by atoms with Crippen LogP contribution in [-0.2, 0) is 4.79 Å². The van der Waals surface area contributed by atoms with E-state index in [0.29, 0.717) is 23.6 Å². The summed E-state index contributed by atoms with van der Waals surface area (Å²) in [6.07, 6.45) is 6.51. The molecule has 6 rings (SSSR count).